The lowest BCUT2D eigenvalue weighted by molar-refractivity contribution is -0.219. The molecule has 29 heavy (non-hydrogen) atoms. The summed E-state index contributed by atoms with van der Waals surface area (Å²) in [5.41, 5.74) is -1.09. The molecule has 0 radical (unpaired) electrons. The minimum atomic E-state index is -2.19. The van der Waals surface area contributed by atoms with Gasteiger partial charge in [-0.2, -0.15) is 0 Å². The molecule has 0 saturated heterocycles. The third-order valence-electron chi connectivity index (χ3n) is 4.73. The van der Waals surface area contributed by atoms with Gasteiger partial charge in [-0.3, -0.25) is 0 Å². The monoisotopic (exact) mass is 432 g/mol. The van der Waals surface area contributed by atoms with E-state index >= 15 is 0 Å². The van der Waals surface area contributed by atoms with Crippen LogP contribution in [0, 0.1) is 0 Å². The normalized spacial score (nSPS) is 24.8. The van der Waals surface area contributed by atoms with Gasteiger partial charge in [0.1, 0.15) is 30.2 Å². The second kappa shape index (κ2) is 11.1. The average molecular weight is 433 g/mol. The van der Waals surface area contributed by atoms with Crippen molar-refractivity contribution < 1.29 is 37.7 Å². The molecule has 0 saturated carbocycles. The summed E-state index contributed by atoms with van der Waals surface area (Å²) in [7, 11) is 1.82. The highest BCUT2D eigenvalue weighted by Crippen LogP contribution is 2.41. The van der Waals surface area contributed by atoms with Gasteiger partial charge in [0.25, 0.3) is 0 Å². The Morgan fingerprint density at radius 3 is 2.17 bits per heavy atom. The molecule has 0 aliphatic carbocycles. The summed E-state index contributed by atoms with van der Waals surface area (Å²) >= 11 is 0. The molecule has 0 aromatic rings. The van der Waals surface area contributed by atoms with Gasteiger partial charge < -0.3 is 28.1 Å². The predicted octanol–water partition coefficient (Wildman–Crippen LogP) is 3.16. The van der Waals surface area contributed by atoms with Crippen LogP contribution in [0.25, 0.3) is 0 Å². The van der Waals surface area contributed by atoms with Crippen LogP contribution >= 0.6 is 0 Å². The van der Waals surface area contributed by atoms with Crippen LogP contribution in [0.2, 0.25) is 19.6 Å². The number of ether oxygens (including phenoxy) is 5. The average Bonchev–Trinajstić information content (AvgIpc) is 2.67. The molecule has 3 atom stereocenters. The van der Waals surface area contributed by atoms with E-state index in [2.05, 4.69) is 6.92 Å². The molecule has 0 fully saturated rings. The van der Waals surface area contributed by atoms with E-state index in [0.717, 1.165) is 19.3 Å². The number of carbonyl (C=O) groups is 2. The van der Waals surface area contributed by atoms with Crippen LogP contribution in [0.15, 0.2) is 11.3 Å². The van der Waals surface area contributed by atoms with Crippen LogP contribution in [0.4, 0.5) is 0 Å². The molecule has 0 bridgehead atoms. The van der Waals surface area contributed by atoms with Crippen LogP contribution in [0.5, 0.6) is 0 Å². The number of esters is 2. The molecule has 0 aromatic heterocycles. The molecule has 0 amide bonds. The van der Waals surface area contributed by atoms with Crippen molar-refractivity contribution in [3.63, 3.8) is 0 Å². The van der Waals surface area contributed by atoms with Crippen molar-refractivity contribution in [1.82, 2.24) is 0 Å². The maximum atomic E-state index is 12.7. The molecular formula is C20H36O8Si. The van der Waals surface area contributed by atoms with Gasteiger partial charge in [-0.05, 0) is 39.4 Å². The molecule has 0 N–H and O–H groups in total. The summed E-state index contributed by atoms with van der Waals surface area (Å²) in [5.74, 6) is -1.64. The highest BCUT2D eigenvalue weighted by Gasteiger charge is 2.55. The van der Waals surface area contributed by atoms with Gasteiger partial charge in [-0.1, -0.05) is 19.8 Å². The van der Waals surface area contributed by atoms with E-state index in [9.17, 15) is 9.59 Å². The summed E-state index contributed by atoms with van der Waals surface area (Å²) in [6.07, 6.45) is 2.12. The van der Waals surface area contributed by atoms with E-state index in [0.29, 0.717) is 6.42 Å². The molecular weight excluding hydrogens is 396 g/mol. The van der Waals surface area contributed by atoms with E-state index < -0.39 is 38.1 Å². The molecule has 0 unspecified atom stereocenters. The fraction of sp³-hybridized carbons (Fsp3) is 0.800. The lowest BCUT2D eigenvalue weighted by atomic mass is 9.82. The third kappa shape index (κ3) is 6.53. The highest BCUT2D eigenvalue weighted by atomic mass is 28.4. The van der Waals surface area contributed by atoms with E-state index in [4.69, 9.17) is 28.1 Å². The van der Waals surface area contributed by atoms with Gasteiger partial charge >= 0.3 is 11.9 Å². The zero-order valence-corrected chi connectivity index (χ0v) is 20.0. The summed E-state index contributed by atoms with van der Waals surface area (Å²) < 4.78 is 33.5. The van der Waals surface area contributed by atoms with Gasteiger partial charge in [0.2, 0.25) is 5.76 Å². The maximum absolute atomic E-state index is 12.7. The van der Waals surface area contributed by atoms with Crippen molar-refractivity contribution >= 4 is 20.3 Å². The zero-order valence-electron chi connectivity index (χ0n) is 19.0. The van der Waals surface area contributed by atoms with Crippen LogP contribution in [0.1, 0.15) is 39.5 Å². The Hall–Kier alpha value is -1.42. The SMILES string of the molecule is CCCCC[C@H]1OC(C(=O)OC)=C(C(=O)OC)[C@@H](O[Si](C)(C)C)[C@]1(C)OCOC. The first kappa shape index (κ1) is 25.6. The molecule has 0 aromatic carbocycles. The Kier molecular flexibility index (Phi) is 9.80. The Labute approximate surface area is 174 Å². The Morgan fingerprint density at radius 2 is 1.69 bits per heavy atom. The lowest BCUT2D eigenvalue weighted by Crippen LogP contribution is -2.61. The summed E-state index contributed by atoms with van der Waals surface area (Å²) in [4.78, 5) is 25.2. The lowest BCUT2D eigenvalue weighted by Gasteiger charge is -2.48. The Bertz CT molecular complexity index is 598. The van der Waals surface area contributed by atoms with Crippen LogP contribution in [0.3, 0.4) is 0 Å². The fourth-order valence-electron chi connectivity index (χ4n) is 3.27. The van der Waals surface area contributed by atoms with Crippen molar-refractivity contribution in [2.45, 2.75) is 77.0 Å². The van der Waals surface area contributed by atoms with E-state index in [-0.39, 0.29) is 18.1 Å². The minimum Gasteiger partial charge on any atom is -0.480 e. The van der Waals surface area contributed by atoms with Crippen molar-refractivity contribution in [2.75, 3.05) is 28.1 Å². The topological polar surface area (TPSA) is 89.5 Å². The minimum absolute atomic E-state index is 0.0162. The van der Waals surface area contributed by atoms with Gasteiger partial charge in [-0.15, -0.1) is 0 Å². The number of methoxy groups -OCH3 is 3. The predicted molar refractivity (Wildman–Crippen MR) is 110 cm³/mol. The Balaban J connectivity index is 3.61. The smallest absolute Gasteiger partial charge is 0.374 e. The van der Waals surface area contributed by atoms with E-state index in [1.54, 1.807) is 0 Å². The third-order valence-corrected chi connectivity index (χ3v) is 5.67. The van der Waals surface area contributed by atoms with E-state index in [1.807, 2.05) is 26.6 Å². The number of hydrogen-bond donors (Lipinski definition) is 0. The van der Waals surface area contributed by atoms with Crippen molar-refractivity contribution in [3.05, 3.63) is 11.3 Å². The summed E-state index contributed by atoms with van der Waals surface area (Å²) in [6.45, 7) is 9.91. The second-order valence-electron chi connectivity index (χ2n) is 8.17. The van der Waals surface area contributed by atoms with Gasteiger partial charge in [0, 0.05) is 7.11 Å². The molecule has 8 nitrogen and oxygen atoms in total. The quantitative estimate of drug-likeness (QED) is 0.213. The first-order valence-corrected chi connectivity index (χ1v) is 13.3. The first-order valence-electron chi connectivity index (χ1n) is 9.93. The standard InChI is InChI=1S/C20H36O8Si/c1-9-10-11-12-14-20(2,26-13-23-3)17(28-29(6,7)8)15(18(21)24-4)16(27-14)19(22)25-5/h14,17H,9-13H2,1-8H3/t14-,17-,20-/m1/s1. The second-order valence-corrected chi connectivity index (χ2v) is 12.6. The van der Waals surface area contributed by atoms with Gasteiger partial charge in [-0.25, -0.2) is 9.59 Å². The molecule has 9 heteroatoms. The number of unbranched alkanes of at least 4 members (excludes halogenated alkanes) is 2. The van der Waals surface area contributed by atoms with Crippen LogP contribution < -0.4 is 0 Å². The molecule has 1 aliphatic heterocycles. The largest absolute Gasteiger partial charge is 0.480 e. The van der Waals surface area contributed by atoms with Crippen LogP contribution in [-0.2, 0) is 37.7 Å². The molecule has 1 rings (SSSR count). The molecule has 168 valence electrons. The number of hydrogen-bond acceptors (Lipinski definition) is 8. The number of rotatable bonds is 11. The summed E-state index contributed by atoms with van der Waals surface area (Å²) in [5, 5.41) is 0. The first-order chi connectivity index (χ1) is 13.6. The Morgan fingerprint density at radius 1 is 1.07 bits per heavy atom. The highest BCUT2D eigenvalue weighted by molar-refractivity contribution is 6.69. The van der Waals surface area contributed by atoms with E-state index in [1.165, 1.54) is 21.3 Å². The fourth-order valence-corrected chi connectivity index (χ4v) is 4.33. The van der Waals surface area contributed by atoms with Crippen molar-refractivity contribution in [1.29, 1.82) is 0 Å². The zero-order chi connectivity index (χ0) is 22.2. The van der Waals surface area contributed by atoms with Crippen molar-refractivity contribution in [2.24, 2.45) is 0 Å². The molecule has 1 aliphatic rings. The molecule has 0 spiro atoms. The van der Waals surface area contributed by atoms with Crippen molar-refractivity contribution in [3.8, 4) is 0 Å². The van der Waals surface area contributed by atoms with Gasteiger partial charge in [0.05, 0.1) is 14.2 Å². The van der Waals surface area contributed by atoms with Crippen LogP contribution in [-0.4, -0.2) is 66.2 Å². The maximum Gasteiger partial charge on any atom is 0.374 e. The summed E-state index contributed by atoms with van der Waals surface area (Å²) in [6, 6.07) is 0. The number of carbonyl (C=O) groups excluding carboxylic acids is 2. The molecule has 1 heterocycles. The van der Waals surface area contributed by atoms with Gasteiger partial charge in [0.15, 0.2) is 8.32 Å².